The number of rotatable bonds is 4. The Kier molecular flexibility index (Phi) is 4.66. The molecule has 0 saturated heterocycles. The molecule has 0 fully saturated rings. The van der Waals surface area contributed by atoms with E-state index in [4.69, 9.17) is 22.1 Å². The fourth-order valence-corrected chi connectivity index (χ4v) is 1.41. The highest BCUT2D eigenvalue weighted by Crippen LogP contribution is 2.25. The summed E-state index contributed by atoms with van der Waals surface area (Å²) in [5.41, 5.74) is 7.39. The monoisotopic (exact) mass is 225 g/mol. The molecular formula is C12H16ClNO. The molecule has 0 aromatic heterocycles. The summed E-state index contributed by atoms with van der Waals surface area (Å²) >= 11 is 6.05. The van der Waals surface area contributed by atoms with E-state index in [0.29, 0.717) is 13.2 Å². The van der Waals surface area contributed by atoms with Crippen LogP contribution in [-0.2, 0) is 0 Å². The molecule has 0 heterocycles. The molecule has 0 radical (unpaired) electrons. The zero-order chi connectivity index (χ0) is 11.3. The average molecular weight is 226 g/mol. The Labute approximate surface area is 95.7 Å². The highest BCUT2D eigenvalue weighted by Gasteiger charge is 2.02. The maximum Gasteiger partial charge on any atom is 0.120 e. The van der Waals surface area contributed by atoms with Gasteiger partial charge in [-0.15, -0.1) is 0 Å². The van der Waals surface area contributed by atoms with Crippen molar-refractivity contribution >= 4 is 11.6 Å². The van der Waals surface area contributed by atoms with E-state index in [9.17, 15) is 0 Å². The largest absolute Gasteiger partial charge is 0.490 e. The lowest BCUT2D eigenvalue weighted by Gasteiger charge is -2.08. The van der Waals surface area contributed by atoms with Gasteiger partial charge in [-0.05, 0) is 37.1 Å². The molecule has 0 spiro atoms. The molecule has 0 atom stereocenters. The molecule has 0 aliphatic carbocycles. The second kappa shape index (κ2) is 5.79. The fourth-order valence-electron chi connectivity index (χ4n) is 1.30. The third-order valence-corrected chi connectivity index (χ3v) is 2.66. The molecule has 1 aromatic carbocycles. The minimum atomic E-state index is 0.539. The number of ether oxygens (including phenoxy) is 1. The quantitative estimate of drug-likeness (QED) is 0.800. The van der Waals surface area contributed by atoms with Crippen LogP contribution in [-0.4, -0.2) is 13.2 Å². The number of hydrogen-bond donors (Lipinski definition) is 1. The Morgan fingerprint density at radius 1 is 1.27 bits per heavy atom. The fraction of sp³-hybridized carbons (Fsp3) is 0.333. The standard InChI is InChI=1S/C12H16ClNO/c1-9-7-11(8-10(2)12(9)13)15-6-4-3-5-14/h3-4,7-8H,5-6,14H2,1-2H3. The van der Waals surface area contributed by atoms with Crippen LogP contribution in [0.3, 0.4) is 0 Å². The number of nitrogens with two attached hydrogens (primary N) is 1. The van der Waals surface area contributed by atoms with Crippen LogP contribution in [0.2, 0.25) is 5.02 Å². The third kappa shape index (κ3) is 3.57. The topological polar surface area (TPSA) is 35.2 Å². The SMILES string of the molecule is Cc1cc(OCC=CCN)cc(C)c1Cl. The first-order valence-electron chi connectivity index (χ1n) is 4.89. The second-order valence-corrected chi connectivity index (χ2v) is 3.77. The molecule has 2 N–H and O–H groups in total. The van der Waals surface area contributed by atoms with Crippen LogP contribution < -0.4 is 10.5 Å². The molecule has 2 nitrogen and oxygen atoms in total. The van der Waals surface area contributed by atoms with Crippen LogP contribution in [0.25, 0.3) is 0 Å². The first kappa shape index (κ1) is 12.1. The average Bonchev–Trinajstić information content (AvgIpc) is 2.21. The van der Waals surface area contributed by atoms with E-state index in [-0.39, 0.29) is 0 Å². The Bertz CT molecular complexity index is 338. The Balaban J connectivity index is 2.66. The van der Waals surface area contributed by atoms with Crippen LogP contribution in [0.15, 0.2) is 24.3 Å². The van der Waals surface area contributed by atoms with Gasteiger partial charge < -0.3 is 10.5 Å². The van der Waals surface area contributed by atoms with Gasteiger partial charge in [0, 0.05) is 11.6 Å². The van der Waals surface area contributed by atoms with Gasteiger partial charge in [0.2, 0.25) is 0 Å². The van der Waals surface area contributed by atoms with E-state index < -0.39 is 0 Å². The summed E-state index contributed by atoms with van der Waals surface area (Å²) < 4.78 is 5.52. The number of aryl methyl sites for hydroxylation is 2. The van der Waals surface area contributed by atoms with Crippen molar-refractivity contribution in [3.8, 4) is 5.75 Å². The molecule has 15 heavy (non-hydrogen) atoms. The molecule has 0 bridgehead atoms. The Morgan fingerprint density at radius 2 is 1.87 bits per heavy atom. The molecule has 3 heteroatoms. The van der Waals surface area contributed by atoms with Gasteiger partial charge in [0.15, 0.2) is 0 Å². The van der Waals surface area contributed by atoms with Crippen LogP contribution in [0, 0.1) is 13.8 Å². The van der Waals surface area contributed by atoms with Gasteiger partial charge in [-0.25, -0.2) is 0 Å². The van der Waals surface area contributed by atoms with Crippen molar-refractivity contribution < 1.29 is 4.74 Å². The molecule has 0 saturated carbocycles. The summed E-state index contributed by atoms with van der Waals surface area (Å²) in [5.74, 6) is 0.844. The minimum Gasteiger partial charge on any atom is -0.490 e. The van der Waals surface area contributed by atoms with Crippen molar-refractivity contribution in [2.75, 3.05) is 13.2 Å². The maximum atomic E-state index is 6.05. The molecule has 1 rings (SSSR count). The van der Waals surface area contributed by atoms with Crippen LogP contribution in [0.4, 0.5) is 0 Å². The lowest BCUT2D eigenvalue weighted by atomic mass is 10.1. The predicted molar refractivity (Wildman–Crippen MR) is 64.6 cm³/mol. The van der Waals surface area contributed by atoms with E-state index in [0.717, 1.165) is 21.9 Å². The molecule has 0 aliphatic rings. The molecule has 0 aliphatic heterocycles. The molecule has 1 aromatic rings. The van der Waals surface area contributed by atoms with E-state index in [1.807, 2.05) is 38.1 Å². The summed E-state index contributed by atoms with van der Waals surface area (Å²) in [6.07, 6.45) is 3.77. The van der Waals surface area contributed by atoms with E-state index >= 15 is 0 Å². The maximum absolute atomic E-state index is 6.05. The number of benzene rings is 1. The van der Waals surface area contributed by atoms with Crippen molar-refractivity contribution in [3.63, 3.8) is 0 Å². The van der Waals surface area contributed by atoms with Crippen molar-refractivity contribution in [2.24, 2.45) is 5.73 Å². The summed E-state index contributed by atoms with van der Waals surface area (Å²) in [4.78, 5) is 0. The van der Waals surface area contributed by atoms with E-state index in [1.165, 1.54) is 0 Å². The van der Waals surface area contributed by atoms with E-state index in [2.05, 4.69) is 0 Å². The first-order valence-corrected chi connectivity index (χ1v) is 5.27. The zero-order valence-corrected chi connectivity index (χ0v) is 9.84. The van der Waals surface area contributed by atoms with Gasteiger partial charge in [0.05, 0.1) is 0 Å². The Morgan fingerprint density at radius 3 is 2.40 bits per heavy atom. The normalized spacial score (nSPS) is 10.9. The first-order chi connectivity index (χ1) is 7.15. The van der Waals surface area contributed by atoms with Gasteiger partial charge in [-0.2, -0.15) is 0 Å². The lowest BCUT2D eigenvalue weighted by Crippen LogP contribution is -1.97. The summed E-state index contributed by atoms with van der Waals surface area (Å²) in [6.45, 7) is 5.02. The number of hydrogen-bond acceptors (Lipinski definition) is 2. The highest BCUT2D eigenvalue weighted by molar-refractivity contribution is 6.32. The van der Waals surface area contributed by atoms with E-state index in [1.54, 1.807) is 0 Å². The van der Waals surface area contributed by atoms with Crippen molar-refractivity contribution in [2.45, 2.75) is 13.8 Å². The third-order valence-electron chi connectivity index (χ3n) is 2.06. The smallest absolute Gasteiger partial charge is 0.120 e. The van der Waals surface area contributed by atoms with Crippen molar-refractivity contribution in [3.05, 3.63) is 40.4 Å². The van der Waals surface area contributed by atoms with Gasteiger partial charge in [-0.3, -0.25) is 0 Å². The number of halogens is 1. The van der Waals surface area contributed by atoms with Crippen LogP contribution in [0.1, 0.15) is 11.1 Å². The lowest BCUT2D eigenvalue weighted by molar-refractivity contribution is 0.362. The van der Waals surface area contributed by atoms with Crippen LogP contribution in [0.5, 0.6) is 5.75 Å². The summed E-state index contributed by atoms with van der Waals surface area (Å²) in [6, 6.07) is 3.87. The summed E-state index contributed by atoms with van der Waals surface area (Å²) in [7, 11) is 0. The molecule has 0 amide bonds. The van der Waals surface area contributed by atoms with Gasteiger partial charge in [0.25, 0.3) is 0 Å². The Hall–Kier alpha value is -0.990. The zero-order valence-electron chi connectivity index (χ0n) is 9.09. The van der Waals surface area contributed by atoms with Gasteiger partial charge in [0.1, 0.15) is 12.4 Å². The van der Waals surface area contributed by atoms with Crippen LogP contribution >= 0.6 is 11.6 Å². The highest BCUT2D eigenvalue weighted by atomic mass is 35.5. The van der Waals surface area contributed by atoms with Crippen molar-refractivity contribution in [1.82, 2.24) is 0 Å². The molecular weight excluding hydrogens is 210 g/mol. The molecule has 0 unspecified atom stereocenters. The second-order valence-electron chi connectivity index (χ2n) is 3.39. The van der Waals surface area contributed by atoms with Gasteiger partial charge in [-0.1, -0.05) is 23.8 Å². The van der Waals surface area contributed by atoms with Crippen molar-refractivity contribution in [1.29, 1.82) is 0 Å². The summed E-state index contributed by atoms with van der Waals surface area (Å²) in [5, 5.41) is 0.805. The molecule has 82 valence electrons. The predicted octanol–water partition coefficient (Wildman–Crippen LogP) is 2.85. The minimum absolute atomic E-state index is 0.539. The van der Waals surface area contributed by atoms with Gasteiger partial charge >= 0.3 is 0 Å².